The lowest BCUT2D eigenvalue weighted by molar-refractivity contribution is -0.149. The Hall–Kier alpha value is -0.870. The summed E-state index contributed by atoms with van der Waals surface area (Å²) in [4.78, 5) is 11.7. The molecule has 0 bridgehead atoms. The first-order valence-electron chi connectivity index (χ1n) is 5.76. The maximum absolute atomic E-state index is 11.7. The predicted octanol–water partition coefficient (Wildman–Crippen LogP) is 2.74. The van der Waals surface area contributed by atoms with Crippen molar-refractivity contribution in [2.24, 2.45) is 5.92 Å². The number of ether oxygens (including phenoxy) is 1. The van der Waals surface area contributed by atoms with Crippen LogP contribution in [-0.4, -0.2) is 19.1 Å². The Morgan fingerprint density at radius 3 is 2.82 bits per heavy atom. The molecule has 0 aliphatic rings. The summed E-state index contributed by atoms with van der Waals surface area (Å²) in [5, 5.41) is 3.13. The van der Waals surface area contributed by atoms with Gasteiger partial charge in [0.2, 0.25) is 0 Å². The number of hydrogen-bond acceptors (Lipinski definition) is 3. The molecule has 0 spiro atoms. The molecule has 0 fully saturated rings. The van der Waals surface area contributed by atoms with Crippen LogP contribution in [0.4, 0.5) is 0 Å². The van der Waals surface area contributed by atoms with Crippen LogP contribution in [0, 0.1) is 5.92 Å². The molecular weight excluding hydrogens is 282 g/mol. The van der Waals surface area contributed by atoms with Crippen molar-refractivity contribution in [3.63, 3.8) is 0 Å². The molecule has 0 heterocycles. The summed E-state index contributed by atoms with van der Waals surface area (Å²) < 4.78 is 6.22. The van der Waals surface area contributed by atoms with Gasteiger partial charge >= 0.3 is 5.97 Å². The predicted molar refractivity (Wildman–Crippen MR) is 71.6 cm³/mol. The average molecular weight is 300 g/mol. The number of rotatable bonds is 6. The first-order chi connectivity index (χ1) is 8.15. The smallest absolute Gasteiger partial charge is 0.310 e. The van der Waals surface area contributed by atoms with Crippen molar-refractivity contribution in [2.45, 2.75) is 20.5 Å². The van der Waals surface area contributed by atoms with E-state index in [2.05, 4.69) is 21.2 Å². The van der Waals surface area contributed by atoms with E-state index in [0.717, 1.165) is 16.6 Å². The molecule has 4 heteroatoms. The number of halogens is 1. The largest absolute Gasteiger partial charge is 0.461 e. The van der Waals surface area contributed by atoms with Crippen molar-refractivity contribution in [1.82, 2.24) is 5.32 Å². The van der Waals surface area contributed by atoms with Gasteiger partial charge in [0.25, 0.3) is 0 Å². The molecule has 94 valence electrons. The van der Waals surface area contributed by atoms with Crippen LogP contribution >= 0.6 is 15.9 Å². The van der Waals surface area contributed by atoms with Crippen LogP contribution in [-0.2, 0) is 16.1 Å². The van der Waals surface area contributed by atoms with E-state index in [9.17, 15) is 4.79 Å². The molecule has 1 rings (SSSR count). The van der Waals surface area contributed by atoms with Gasteiger partial charge < -0.3 is 10.1 Å². The van der Waals surface area contributed by atoms with Crippen LogP contribution in [0.15, 0.2) is 28.7 Å². The summed E-state index contributed by atoms with van der Waals surface area (Å²) in [7, 11) is 0. The zero-order chi connectivity index (χ0) is 12.7. The van der Waals surface area contributed by atoms with Crippen molar-refractivity contribution in [2.75, 3.05) is 13.1 Å². The molecule has 3 nitrogen and oxygen atoms in total. The second-order valence-electron chi connectivity index (χ2n) is 3.91. The molecule has 0 amide bonds. The molecule has 0 aliphatic heterocycles. The van der Waals surface area contributed by atoms with E-state index >= 15 is 0 Å². The van der Waals surface area contributed by atoms with Gasteiger partial charge in [0.1, 0.15) is 6.61 Å². The third-order valence-electron chi connectivity index (χ3n) is 2.43. The molecule has 0 radical (unpaired) electrons. The lowest BCUT2D eigenvalue weighted by atomic mass is 10.2. The van der Waals surface area contributed by atoms with Gasteiger partial charge in [0, 0.05) is 16.6 Å². The first-order valence-corrected chi connectivity index (χ1v) is 6.55. The van der Waals surface area contributed by atoms with E-state index in [1.807, 2.05) is 38.1 Å². The Balaban J connectivity index is 2.40. The van der Waals surface area contributed by atoms with Crippen LogP contribution in [0.2, 0.25) is 0 Å². The van der Waals surface area contributed by atoms with E-state index in [1.165, 1.54) is 0 Å². The summed E-state index contributed by atoms with van der Waals surface area (Å²) >= 11 is 3.42. The molecule has 1 aromatic rings. The highest BCUT2D eigenvalue weighted by Gasteiger charge is 2.14. The topological polar surface area (TPSA) is 38.3 Å². The summed E-state index contributed by atoms with van der Waals surface area (Å²) in [5.74, 6) is -0.279. The van der Waals surface area contributed by atoms with Crippen molar-refractivity contribution in [1.29, 1.82) is 0 Å². The van der Waals surface area contributed by atoms with E-state index in [-0.39, 0.29) is 11.9 Å². The second-order valence-corrected chi connectivity index (χ2v) is 4.76. The van der Waals surface area contributed by atoms with Crippen LogP contribution in [0.3, 0.4) is 0 Å². The number of nitrogens with one attached hydrogen (secondary N) is 1. The minimum atomic E-state index is -0.165. The lowest BCUT2D eigenvalue weighted by Gasteiger charge is -2.12. The van der Waals surface area contributed by atoms with Crippen LogP contribution in [0.25, 0.3) is 0 Å². The number of carbonyl (C=O) groups excluding carboxylic acids is 1. The van der Waals surface area contributed by atoms with E-state index in [0.29, 0.717) is 13.2 Å². The van der Waals surface area contributed by atoms with Crippen LogP contribution in [0.5, 0.6) is 0 Å². The van der Waals surface area contributed by atoms with Crippen molar-refractivity contribution in [3.05, 3.63) is 34.3 Å². The van der Waals surface area contributed by atoms with Crippen molar-refractivity contribution < 1.29 is 9.53 Å². The van der Waals surface area contributed by atoms with Crippen LogP contribution < -0.4 is 5.32 Å². The Morgan fingerprint density at radius 2 is 2.18 bits per heavy atom. The number of benzene rings is 1. The van der Waals surface area contributed by atoms with Crippen molar-refractivity contribution >= 4 is 21.9 Å². The Kier molecular flexibility index (Phi) is 6.22. The van der Waals surface area contributed by atoms with Crippen LogP contribution in [0.1, 0.15) is 19.4 Å². The molecule has 0 saturated heterocycles. The quantitative estimate of drug-likeness (QED) is 0.821. The van der Waals surface area contributed by atoms with Gasteiger partial charge in [-0.3, -0.25) is 4.79 Å². The summed E-state index contributed by atoms with van der Waals surface area (Å²) in [6.07, 6.45) is 0. The third-order valence-corrected chi connectivity index (χ3v) is 3.20. The van der Waals surface area contributed by atoms with Gasteiger partial charge in [0.15, 0.2) is 0 Å². The highest BCUT2D eigenvalue weighted by molar-refractivity contribution is 9.10. The number of esters is 1. The van der Waals surface area contributed by atoms with E-state index in [4.69, 9.17) is 4.74 Å². The second kappa shape index (κ2) is 7.45. The fourth-order valence-electron chi connectivity index (χ4n) is 1.35. The standard InChI is InChI=1S/C13H18BrNO2/c1-3-15-8-10(2)13(16)17-9-11-6-4-5-7-12(11)14/h4-7,10,15H,3,8-9H2,1-2H3. The third kappa shape index (κ3) is 4.88. The summed E-state index contributed by atoms with van der Waals surface area (Å²) in [5.41, 5.74) is 0.983. The number of carbonyl (C=O) groups is 1. The monoisotopic (exact) mass is 299 g/mol. The zero-order valence-electron chi connectivity index (χ0n) is 10.2. The fraction of sp³-hybridized carbons (Fsp3) is 0.462. The highest BCUT2D eigenvalue weighted by Crippen LogP contribution is 2.17. The lowest BCUT2D eigenvalue weighted by Crippen LogP contribution is -2.27. The van der Waals surface area contributed by atoms with E-state index in [1.54, 1.807) is 0 Å². The molecule has 1 N–H and O–H groups in total. The highest BCUT2D eigenvalue weighted by atomic mass is 79.9. The van der Waals surface area contributed by atoms with Gasteiger partial charge in [-0.05, 0) is 12.6 Å². The molecular formula is C13H18BrNO2. The normalized spacial score (nSPS) is 12.2. The minimum absolute atomic E-state index is 0.113. The average Bonchev–Trinajstić information content (AvgIpc) is 2.34. The molecule has 1 aromatic carbocycles. The molecule has 0 aromatic heterocycles. The molecule has 0 aliphatic carbocycles. The molecule has 0 saturated carbocycles. The van der Waals surface area contributed by atoms with Gasteiger partial charge in [-0.2, -0.15) is 0 Å². The van der Waals surface area contributed by atoms with Gasteiger partial charge in [0.05, 0.1) is 5.92 Å². The maximum Gasteiger partial charge on any atom is 0.310 e. The molecule has 17 heavy (non-hydrogen) atoms. The summed E-state index contributed by atoms with van der Waals surface area (Å²) in [6, 6.07) is 7.73. The fourth-order valence-corrected chi connectivity index (χ4v) is 1.75. The molecule has 1 unspecified atom stereocenters. The Morgan fingerprint density at radius 1 is 1.47 bits per heavy atom. The first kappa shape index (κ1) is 14.2. The Bertz CT molecular complexity index is 368. The Labute approximate surface area is 111 Å². The SMILES string of the molecule is CCNCC(C)C(=O)OCc1ccccc1Br. The van der Waals surface area contributed by atoms with Crippen molar-refractivity contribution in [3.8, 4) is 0 Å². The van der Waals surface area contributed by atoms with E-state index < -0.39 is 0 Å². The number of hydrogen-bond donors (Lipinski definition) is 1. The van der Waals surface area contributed by atoms with Gasteiger partial charge in [-0.25, -0.2) is 0 Å². The van der Waals surface area contributed by atoms with Gasteiger partial charge in [-0.1, -0.05) is 48.0 Å². The zero-order valence-corrected chi connectivity index (χ0v) is 11.8. The summed E-state index contributed by atoms with van der Waals surface area (Å²) in [6.45, 7) is 5.72. The maximum atomic E-state index is 11.7. The van der Waals surface area contributed by atoms with Gasteiger partial charge in [-0.15, -0.1) is 0 Å². The molecule has 1 atom stereocenters. The minimum Gasteiger partial charge on any atom is -0.461 e.